The number of benzene rings is 1. The van der Waals surface area contributed by atoms with Crippen molar-refractivity contribution in [3.8, 4) is 0 Å². The van der Waals surface area contributed by atoms with Crippen LogP contribution in [0, 0.1) is 5.82 Å². The van der Waals surface area contributed by atoms with Gasteiger partial charge in [0, 0.05) is 4.47 Å². The van der Waals surface area contributed by atoms with E-state index >= 15 is 0 Å². The van der Waals surface area contributed by atoms with E-state index in [4.69, 9.17) is 0 Å². The van der Waals surface area contributed by atoms with Gasteiger partial charge in [0.25, 0.3) is 0 Å². The average molecular weight is 205 g/mol. The number of hydrogen-bond acceptors (Lipinski definition) is 0. The molecule has 1 aromatic carbocycles. The summed E-state index contributed by atoms with van der Waals surface area (Å²) in [5.74, 6) is -0.209. The quantitative estimate of drug-likeness (QED) is 0.606. The van der Waals surface area contributed by atoms with Gasteiger partial charge in [0.15, 0.2) is 0 Å². The third-order valence-electron chi connectivity index (χ3n) is 0.787. The molecule has 0 nitrogen and oxygen atoms in total. The van der Waals surface area contributed by atoms with Crippen LogP contribution < -0.4 is 0 Å². The fourth-order valence-electron chi connectivity index (χ4n) is 0.460. The molecule has 0 spiro atoms. The molecule has 2 heteroatoms. The largest absolute Gasteiger partial charge is 0.207 e. The Labute approximate surface area is 69.2 Å². The van der Waals surface area contributed by atoms with Crippen molar-refractivity contribution in [2.75, 3.05) is 0 Å². The minimum Gasteiger partial charge on any atom is -0.207 e. The van der Waals surface area contributed by atoms with E-state index in [0.29, 0.717) is 0 Å². The molecule has 0 fully saturated rings. The lowest BCUT2D eigenvalue weighted by Gasteiger charge is -1.85. The number of halogens is 2. The van der Waals surface area contributed by atoms with Gasteiger partial charge in [0.2, 0.25) is 0 Å². The molecule has 0 aliphatic carbocycles. The highest BCUT2D eigenvalue weighted by Gasteiger charge is 1.86. The van der Waals surface area contributed by atoms with Crippen molar-refractivity contribution < 1.29 is 4.39 Å². The van der Waals surface area contributed by atoms with Gasteiger partial charge in [0.05, 0.1) is 0 Å². The van der Waals surface area contributed by atoms with Crippen molar-refractivity contribution >= 4 is 15.9 Å². The zero-order valence-corrected chi connectivity index (χ0v) is 7.65. The first kappa shape index (κ1) is 9.63. The van der Waals surface area contributed by atoms with Crippen LogP contribution in [0.15, 0.2) is 28.7 Å². The van der Waals surface area contributed by atoms with Crippen molar-refractivity contribution in [1.82, 2.24) is 0 Å². The van der Waals surface area contributed by atoms with Gasteiger partial charge in [-0.05, 0) is 18.2 Å². The van der Waals surface area contributed by atoms with Gasteiger partial charge in [-0.25, -0.2) is 4.39 Å². The SMILES string of the molecule is CC.Fc1cccc(Br)c1. The molecule has 0 aliphatic rings. The molecule has 56 valence electrons. The van der Waals surface area contributed by atoms with Crippen molar-refractivity contribution in [3.05, 3.63) is 34.6 Å². The van der Waals surface area contributed by atoms with Crippen molar-refractivity contribution in [1.29, 1.82) is 0 Å². The summed E-state index contributed by atoms with van der Waals surface area (Å²) in [6.07, 6.45) is 0. The van der Waals surface area contributed by atoms with E-state index in [1.54, 1.807) is 12.1 Å². The first-order chi connectivity index (χ1) is 4.79. The maximum atomic E-state index is 12.1. The van der Waals surface area contributed by atoms with Gasteiger partial charge in [0.1, 0.15) is 5.82 Å². The molecule has 0 saturated carbocycles. The monoisotopic (exact) mass is 204 g/mol. The van der Waals surface area contributed by atoms with E-state index in [-0.39, 0.29) is 5.82 Å². The molecule has 0 radical (unpaired) electrons. The second-order valence-corrected chi connectivity index (χ2v) is 2.36. The van der Waals surface area contributed by atoms with E-state index in [0.717, 1.165) is 4.47 Å². The first-order valence-corrected chi connectivity index (χ1v) is 3.99. The zero-order valence-electron chi connectivity index (χ0n) is 6.07. The minimum atomic E-state index is -0.209. The molecule has 0 bridgehead atoms. The van der Waals surface area contributed by atoms with Gasteiger partial charge < -0.3 is 0 Å². The zero-order chi connectivity index (χ0) is 7.98. The summed E-state index contributed by atoms with van der Waals surface area (Å²) in [6.45, 7) is 4.00. The molecule has 0 amide bonds. The Hall–Kier alpha value is -0.370. The van der Waals surface area contributed by atoms with Gasteiger partial charge in [-0.3, -0.25) is 0 Å². The summed E-state index contributed by atoms with van der Waals surface area (Å²) in [5, 5.41) is 0. The Morgan fingerprint density at radius 2 is 1.90 bits per heavy atom. The Kier molecular flexibility index (Phi) is 5.22. The maximum Gasteiger partial charge on any atom is 0.124 e. The molecule has 0 saturated heterocycles. The summed E-state index contributed by atoms with van der Waals surface area (Å²) in [7, 11) is 0. The second kappa shape index (κ2) is 5.42. The summed E-state index contributed by atoms with van der Waals surface area (Å²) in [6, 6.07) is 6.26. The van der Waals surface area contributed by atoms with Crippen molar-refractivity contribution in [2.45, 2.75) is 13.8 Å². The topological polar surface area (TPSA) is 0 Å². The molecule has 10 heavy (non-hydrogen) atoms. The van der Waals surface area contributed by atoms with Crippen LogP contribution in [-0.2, 0) is 0 Å². The highest BCUT2D eigenvalue weighted by Crippen LogP contribution is 2.09. The molecular formula is C8H10BrF. The number of hydrogen-bond donors (Lipinski definition) is 0. The predicted octanol–water partition coefficient (Wildman–Crippen LogP) is 3.61. The van der Waals surface area contributed by atoms with Crippen LogP contribution in [0.25, 0.3) is 0 Å². The van der Waals surface area contributed by atoms with E-state index in [1.807, 2.05) is 13.8 Å². The van der Waals surface area contributed by atoms with Crippen LogP contribution in [0.5, 0.6) is 0 Å². The standard InChI is InChI=1S/C6H4BrF.C2H6/c7-5-2-1-3-6(8)4-5;1-2/h1-4H;1-2H3. The second-order valence-electron chi connectivity index (χ2n) is 1.44. The molecule has 0 aromatic heterocycles. The van der Waals surface area contributed by atoms with Crippen LogP contribution in [0.1, 0.15) is 13.8 Å². The average Bonchev–Trinajstić information content (AvgIpc) is 1.91. The van der Waals surface area contributed by atoms with E-state index in [2.05, 4.69) is 15.9 Å². The van der Waals surface area contributed by atoms with Crippen LogP contribution in [0.4, 0.5) is 4.39 Å². The lowest BCUT2D eigenvalue weighted by Crippen LogP contribution is -1.68. The van der Waals surface area contributed by atoms with Crippen molar-refractivity contribution in [2.24, 2.45) is 0 Å². The van der Waals surface area contributed by atoms with Gasteiger partial charge in [-0.2, -0.15) is 0 Å². The number of rotatable bonds is 0. The maximum absolute atomic E-state index is 12.1. The Bertz CT molecular complexity index is 169. The van der Waals surface area contributed by atoms with Gasteiger partial charge in [-0.15, -0.1) is 0 Å². The molecular weight excluding hydrogens is 195 g/mol. The summed E-state index contributed by atoms with van der Waals surface area (Å²) >= 11 is 3.12. The lowest BCUT2D eigenvalue weighted by molar-refractivity contribution is 0.627. The van der Waals surface area contributed by atoms with Gasteiger partial charge >= 0.3 is 0 Å². The fourth-order valence-corrected chi connectivity index (χ4v) is 0.831. The fraction of sp³-hybridized carbons (Fsp3) is 0.250. The molecule has 0 heterocycles. The third kappa shape index (κ3) is 3.62. The van der Waals surface area contributed by atoms with Crippen LogP contribution >= 0.6 is 15.9 Å². The van der Waals surface area contributed by atoms with E-state index in [9.17, 15) is 4.39 Å². The molecule has 1 rings (SSSR count). The lowest BCUT2D eigenvalue weighted by atomic mass is 10.4. The Balaban J connectivity index is 0.000000371. The highest BCUT2D eigenvalue weighted by atomic mass is 79.9. The van der Waals surface area contributed by atoms with Crippen LogP contribution in [0.2, 0.25) is 0 Å². The smallest absolute Gasteiger partial charge is 0.124 e. The van der Waals surface area contributed by atoms with E-state index < -0.39 is 0 Å². The predicted molar refractivity (Wildman–Crippen MR) is 45.4 cm³/mol. The van der Waals surface area contributed by atoms with Crippen LogP contribution in [-0.4, -0.2) is 0 Å². The minimum absolute atomic E-state index is 0.209. The summed E-state index contributed by atoms with van der Waals surface area (Å²) < 4.78 is 12.9. The molecule has 0 unspecified atom stereocenters. The van der Waals surface area contributed by atoms with E-state index in [1.165, 1.54) is 12.1 Å². The normalized spacial score (nSPS) is 8.00. The Morgan fingerprint density at radius 3 is 2.20 bits per heavy atom. The summed E-state index contributed by atoms with van der Waals surface area (Å²) in [4.78, 5) is 0. The molecule has 1 aromatic rings. The molecule has 0 aliphatic heterocycles. The van der Waals surface area contributed by atoms with Crippen molar-refractivity contribution in [3.63, 3.8) is 0 Å². The molecule has 0 atom stereocenters. The molecule has 0 N–H and O–H groups in total. The summed E-state index contributed by atoms with van der Waals surface area (Å²) in [5.41, 5.74) is 0. The third-order valence-corrected chi connectivity index (χ3v) is 1.28. The highest BCUT2D eigenvalue weighted by molar-refractivity contribution is 9.10. The van der Waals surface area contributed by atoms with Gasteiger partial charge in [-0.1, -0.05) is 35.8 Å². The van der Waals surface area contributed by atoms with Crippen LogP contribution in [0.3, 0.4) is 0 Å². The first-order valence-electron chi connectivity index (χ1n) is 3.20. The Morgan fingerprint density at radius 1 is 1.30 bits per heavy atom.